The van der Waals surface area contributed by atoms with E-state index in [1.165, 1.54) is 0 Å². The van der Waals surface area contributed by atoms with Gasteiger partial charge in [0.1, 0.15) is 6.10 Å². The van der Waals surface area contributed by atoms with Crippen LogP contribution in [0.25, 0.3) is 0 Å². The Kier molecular flexibility index (Phi) is 4.03. The summed E-state index contributed by atoms with van der Waals surface area (Å²) in [7, 11) is 3.41. The zero-order chi connectivity index (χ0) is 11.4. The van der Waals surface area contributed by atoms with Crippen LogP contribution in [-0.2, 0) is 23.0 Å². The minimum absolute atomic E-state index is 0.112. The van der Waals surface area contributed by atoms with Crippen molar-refractivity contribution >= 4 is 5.78 Å². The van der Waals surface area contributed by atoms with Crippen LogP contribution in [0.3, 0.4) is 0 Å². The summed E-state index contributed by atoms with van der Waals surface area (Å²) < 4.78 is 6.87. The van der Waals surface area contributed by atoms with E-state index >= 15 is 0 Å². The molecule has 0 N–H and O–H groups in total. The Morgan fingerprint density at radius 1 is 1.60 bits per heavy atom. The first-order chi connectivity index (χ1) is 7.04. The molecule has 0 aliphatic carbocycles. The molecular weight excluding hydrogens is 192 g/mol. The highest BCUT2D eigenvalue weighted by Crippen LogP contribution is 2.10. The van der Waals surface area contributed by atoms with E-state index in [1.54, 1.807) is 18.0 Å². The molecule has 0 bridgehead atoms. The fourth-order valence-corrected chi connectivity index (χ4v) is 1.64. The van der Waals surface area contributed by atoms with Gasteiger partial charge < -0.3 is 4.74 Å². The van der Waals surface area contributed by atoms with Crippen LogP contribution >= 0.6 is 0 Å². The maximum atomic E-state index is 11.8. The molecule has 0 spiro atoms. The fourth-order valence-electron chi connectivity index (χ4n) is 1.64. The second kappa shape index (κ2) is 5.07. The lowest BCUT2D eigenvalue weighted by atomic mass is 9.99. The summed E-state index contributed by atoms with van der Waals surface area (Å²) in [5, 5.41) is 4.02. The van der Waals surface area contributed by atoms with E-state index in [9.17, 15) is 4.79 Å². The molecule has 0 radical (unpaired) electrons. The van der Waals surface area contributed by atoms with Gasteiger partial charge in [0, 0.05) is 26.8 Å². The predicted molar refractivity (Wildman–Crippen MR) is 57.6 cm³/mol. The number of methoxy groups -OCH3 is 1. The molecule has 0 aliphatic rings. The average molecular weight is 210 g/mol. The van der Waals surface area contributed by atoms with Crippen LogP contribution < -0.4 is 0 Å². The van der Waals surface area contributed by atoms with Gasteiger partial charge in [-0.1, -0.05) is 13.8 Å². The van der Waals surface area contributed by atoms with E-state index in [0.717, 1.165) is 5.56 Å². The number of rotatable bonds is 5. The molecule has 15 heavy (non-hydrogen) atoms. The fraction of sp³-hybridized carbons (Fsp3) is 0.636. The molecule has 0 aliphatic heterocycles. The minimum atomic E-state index is -0.315. The number of carbonyl (C=O) groups excluding carboxylic acids is 1. The first-order valence-corrected chi connectivity index (χ1v) is 5.07. The highest BCUT2D eigenvalue weighted by atomic mass is 16.5. The van der Waals surface area contributed by atoms with Gasteiger partial charge in [-0.15, -0.1) is 0 Å². The molecule has 0 amide bonds. The molecule has 0 fully saturated rings. The number of aryl methyl sites for hydroxylation is 1. The number of ketones is 1. The smallest absolute Gasteiger partial charge is 0.166 e. The Labute approximate surface area is 90.2 Å². The molecule has 84 valence electrons. The van der Waals surface area contributed by atoms with Crippen LogP contribution in [0.15, 0.2) is 12.4 Å². The molecule has 1 heterocycles. The van der Waals surface area contributed by atoms with Gasteiger partial charge >= 0.3 is 0 Å². The van der Waals surface area contributed by atoms with Gasteiger partial charge in [0.25, 0.3) is 0 Å². The molecule has 1 aromatic rings. The second-order valence-electron chi connectivity index (χ2n) is 4.07. The molecule has 1 aromatic heterocycles. The van der Waals surface area contributed by atoms with Gasteiger partial charge in [0.05, 0.1) is 6.20 Å². The van der Waals surface area contributed by atoms with Crippen LogP contribution in [0.5, 0.6) is 0 Å². The number of ether oxygens (including phenoxy) is 1. The van der Waals surface area contributed by atoms with Crippen molar-refractivity contribution in [1.29, 1.82) is 0 Å². The van der Waals surface area contributed by atoms with Crippen LogP contribution in [-0.4, -0.2) is 28.8 Å². The number of hydrogen-bond acceptors (Lipinski definition) is 3. The summed E-state index contributed by atoms with van der Waals surface area (Å²) >= 11 is 0. The average Bonchev–Trinajstić information content (AvgIpc) is 2.51. The SMILES string of the molecule is COC(C(=O)Cc1cnn(C)c1)C(C)C. The molecule has 4 nitrogen and oxygen atoms in total. The van der Waals surface area contributed by atoms with E-state index in [2.05, 4.69) is 5.10 Å². The molecule has 1 rings (SSSR count). The normalized spacial score (nSPS) is 13.1. The number of aromatic nitrogens is 2. The van der Waals surface area contributed by atoms with E-state index in [1.807, 2.05) is 27.1 Å². The minimum Gasteiger partial charge on any atom is -0.373 e. The maximum absolute atomic E-state index is 11.8. The standard InChI is InChI=1S/C11H18N2O2/c1-8(2)11(15-4)10(14)5-9-6-12-13(3)7-9/h6-8,11H,5H2,1-4H3. The first-order valence-electron chi connectivity index (χ1n) is 5.07. The summed E-state index contributed by atoms with van der Waals surface area (Å²) in [4.78, 5) is 11.8. The third kappa shape index (κ3) is 3.16. The predicted octanol–water partition coefficient (Wildman–Crippen LogP) is 1.20. The number of hydrogen-bond donors (Lipinski definition) is 0. The van der Waals surface area contributed by atoms with Gasteiger partial charge in [-0.25, -0.2) is 0 Å². The maximum Gasteiger partial charge on any atom is 0.166 e. The molecule has 1 atom stereocenters. The van der Waals surface area contributed by atoms with Gasteiger partial charge in [-0.05, 0) is 11.5 Å². The van der Waals surface area contributed by atoms with Crippen molar-refractivity contribution in [3.05, 3.63) is 18.0 Å². The lowest BCUT2D eigenvalue weighted by Crippen LogP contribution is -2.29. The molecule has 0 aromatic carbocycles. The summed E-state index contributed by atoms with van der Waals surface area (Å²) in [5.41, 5.74) is 0.935. The lowest BCUT2D eigenvalue weighted by molar-refractivity contribution is -0.130. The van der Waals surface area contributed by atoms with Crippen LogP contribution in [0, 0.1) is 5.92 Å². The summed E-state index contributed by atoms with van der Waals surface area (Å²) in [5.74, 6) is 0.319. The molecule has 1 unspecified atom stereocenters. The van der Waals surface area contributed by atoms with Crippen LogP contribution in [0.4, 0.5) is 0 Å². The highest BCUT2D eigenvalue weighted by molar-refractivity contribution is 5.85. The van der Waals surface area contributed by atoms with Crippen molar-refractivity contribution in [2.24, 2.45) is 13.0 Å². The van der Waals surface area contributed by atoms with E-state index in [0.29, 0.717) is 6.42 Å². The Balaban J connectivity index is 2.62. The second-order valence-corrected chi connectivity index (χ2v) is 4.07. The van der Waals surface area contributed by atoms with Crippen LogP contribution in [0.1, 0.15) is 19.4 Å². The lowest BCUT2D eigenvalue weighted by Gasteiger charge is -2.17. The van der Waals surface area contributed by atoms with E-state index in [4.69, 9.17) is 4.74 Å². The Morgan fingerprint density at radius 3 is 2.67 bits per heavy atom. The van der Waals surface area contributed by atoms with Crippen molar-refractivity contribution in [3.63, 3.8) is 0 Å². The van der Waals surface area contributed by atoms with Gasteiger partial charge in [-0.3, -0.25) is 9.48 Å². The number of carbonyl (C=O) groups is 1. The monoisotopic (exact) mass is 210 g/mol. The molecule has 0 saturated heterocycles. The summed E-state index contributed by atoms with van der Waals surface area (Å²) in [6, 6.07) is 0. The quantitative estimate of drug-likeness (QED) is 0.733. The first kappa shape index (κ1) is 11.9. The molecule has 0 saturated carbocycles. The Morgan fingerprint density at radius 2 is 2.27 bits per heavy atom. The Bertz CT molecular complexity index is 331. The topological polar surface area (TPSA) is 44.1 Å². The summed E-state index contributed by atoms with van der Waals surface area (Å²) in [6.45, 7) is 3.96. The van der Waals surface area contributed by atoms with Crippen molar-refractivity contribution in [2.75, 3.05) is 7.11 Å². The van der Waals surface area contributed by atoms with Crippen molar-refractivity contribution < 1.29 is 9.53 Å². The highest BCUT2D eigenvalue weighted by Gasteiger charge is 2.21. The van der Waals surface area contributed by atoms with Crippen molar-refractivity contribution in [3.8, 4) is 0 Å². The zero-order valence-corrected chi connectivity index (χ0v) is 9.73. The van der Waals surface area contributed by atoms with Crippen molar-refractivity contribution in [2.45, 2.75) is 26.4 Å². The van der Waals surface area contributed by atoms with E-state index < -0.39 is 0 Å². The van der Waals surface area contributed by atoms with Gasteiger partial charge in [0.2, 0.25) is 0 Å². The third-order valence-electron chi connectivity index (χ3n) is 2.31. The summed E-state index contributed by atoms with van der Waals surface area (Å²) in [6.07, 6.45) is 3.64. The van der Waals surface area contributed by atoms with Crippen molar-refractivity contribution in [1.82, 2.24) is 9.78 Å². The zero-order valence-electron chi connectivity index (χ0n) is 9.73. The number of nitrogens with zero attached hydrogens (tertiary/aromatic N) is 2. The Hall–Kier alpha value is -1.16. The van der Waals surface area contributed by atoms with E-state index in [-0.39, 0.29) is 17.8 Å². The molecule has 4 heteroatoms. The van der Waals surface area contributed by atoms with Crippen LogP contribution in [0.2, 0.25) is 0 Å². The largest absolute Gasteiger partial charge is 0.373 e. The van der Waals surface area contributed by atoms with Gasteiger partial charge in [-0.2, -0.15) is 5.10 Å². The molecular formula is C11H18N2O2. The third-order valence-corrected chi connectivity index (χ3v) is 2.31. The van der Waals surface area contributed by atoms with Gasteiger partial charge in [0.15, 0.2) is 5.78 Å². The number of Topliss-reactive ketones (excluding diaryl/α,β-unsaturated/α-hetero) is 1.